The number of likely N-dealkylation sites (N-methyl/N-ethyl adjacent to an activating group) is 1. The lowest BCUT2D eigenvalue weighted by molar-refractivity contribution is 0.586. The molecule has 20 heavy (non-hydrogen) atoms. The molecule has 2 aromatic carbocycles. The van der Waals surface area contributed by atoms with Gasteiger partial charge < -0.3 is 5.32 Å². The van der Waals surface area contributed by atoms with Gasteiger partial charge in [-0.05, 0) is 61.7 Å². The number of rotatable bonds is 4. The van der Waals surface area contributed by atoms with Crippen molar-refractivity contribution in [2.24, 2.45) is 0 Å². The number of hydrogen-bond acceptors (Lipinski definition) is 1. The molecule has 0 saturated carbocycles. The van der Waals surface area contributed by atoms with Crippen LogP contribution in [0.15, 0.2) is 36.4 Å². The Morgan fingerprint density at radius 3 is 2.45 bits per heavy atom. The molecule has 0 bridgehead atoms. The Balaban J connectivity index is 2.26. The summed E-state index contributed by atoms with van der Waals surface area (Å²) in [6, 6.07) is 11.1. The third kappa shape index (κ3) is 3.38. The summed E-state index contributed by atoms with van der Waals surface area (Å²) in [5.74, 6) is -0.306. The molecule has 1 unspecified atom stereocenters. The van der Waals surface area contributed by atoms with Crippen molar-refractivity contribution in [3.63, 3.8) is 0 Å². The van der Waals surface area contributed by atoms with E-state index in [0.29, 0.717) is 5.02 Å². The highest BCUT2D eigenvalue weighted by Crippen LogP contribution is 2.27. The second-order valence-corrected chi connectivity index (χ2v) is 5.54. The van der Waals surface area contributed by atoms with Gasteiger partial charge in [-0.3, -0.25) is 0 Å². The van der Waals surface area contributed by atoms with E-state index in [1.165, 1.54) is 28.8 Å². The summed E-state index contributed by atoms with van der Waals surface area (Å²) in [6.07, 6.45) is 0.822. The lowest BCUT2D eigenvalue weighted by Crippen LogP contribution is -2.19. The van der Waals surface area contributed by atoms with Gasteiger partial charge in [0.15, 0.2) is 0 Å². The first kappa shape index (κ1) is 15.0. The van der Waals surface area contributed by atoms with E-state index in [4.69, 9.17) is 11.6 Å². The smallest absolute Gasteiger partial charge is 0.124 e. The van der Waals surface area contributed by atoms with Gasteiger partial charge in [0.1, 0.15) is 5.82 Å². The summed E-state index contributed by atoms with van der Waals surface area (Å²) in [6.45, 7) is 4.21. The molecular weight excluding hydrogens is 273 g/mol. The van der Waals surface area contributed by atoms with E-state index < -0.39 is 0 Å². The molecule has 0 fully saturated rings. The zero-order valence-corrected chi connectivity index (χ0v) is 12.8. The number of aryl methyl sites for hydroxylation is 2. The van der Waals surface area contributed by atoms with Gasteiger partial charge >= 0.3 is 0 Å². The molecule has 1 atom stereocenters. The molecule has 3 heteroatoms. The minimum absolute atomic E-state index is 0.0743. The van der Waals surface area contributed by atoms with Gasteiger partial charge in [0.25, 0.3) is 0 Å². The van der Waals surface area contributed by atoms with Crippen LogP contribution in [-0.2, 0) is 6.42 Å². The van der Waals surface area contributed by atoms with Gasteiger partial charge in [0, 0.05) is 11.1 Å². The monoisotopic (exact) mass is 291 g/mol. The molecule has 1 nitrogen and oxygen atoms in total. The van der Waals surface area contributed by atoms with Crippen LogP contribution in [0.3, 0.4) is 0 Å². The largest absolute Gasteiger partial charge is 0.313 e. The van der Waals surface area contributed by atoms with Gasteiger partial charge in [-0.15, -0.1) is 0 Å². The maximum Gasteiger partial charge on any atom is 0.124 e. The van der Waals surface area contributed by atoms with E-state index in [1.807, 2.05) is 7.05 Å². The zero-order valence-electron chi connectivity index (χ0n) is 12.0. The van der Waals surface area contributed by atoms with Crippen LogP contribution in [0.2, 0.25) is 5.02 Å². The molecule has 0 radical (unpaired) electrons. The number of hydrogen-bond donors (Lipinski definition) is 1. The molecule has 2 aromatic rings. The maximum absolute atomic E-state index is 13.1. The van der Waals surface area contributed by atoms with E-state index in [9.17, 15) is 4.39 Å². The van der Waals surface area contributed by atoms with Crippen LogP contribution in [0.25, 0.3) is 0 Å². The van der Waals surface area contributed by atoms with Crippen molar-refractivity contribution >= 4 is 11.6 Å². The van der Waals surface area contributed by atoms with E-state index in [2.05, 4.69) is 37.4 Å². The highest BCUT2D eigenvalue weighted by atomic mass is 35.5. The first-order chi connectivity index (χ1) is 9.51. The van der Waals surface area contributed by atoms with Crippen molar-refractivity contribution in [2.45, 2.75) is 26.3 Å². The van der Waals surface area contributed by atoms with E-state index >= 15 is 0 Å². The second-order valence-electron chi connectivity index (χ2n) is 5.13. The van der Waals surface area contributed by atoms with E-state index in [0.717, 1.165) is 12.0 Å². The van der Waals surface area contributed by atoms with Crippen molar-refractivity contribution in [1.29, 1.82) is 0 Å². The predicted octanol–water partition coefficient (Wildman–Crippen LogP) is 4.60. The third-order valence-electron chi connectivity index (χ3n) is 3.70. The SMILES string of the molecule is CNC(Cc1ccc(C)c(C)c1)c1ccc(F)cc1Cl. The minimum Gasteiger partial charge on any atom is -0.313 e. The van der Waals surface area contributed by atoms with Gasteiger partial charge in [-0.1, -0.05) is 35.9 Å². The predicted molar refractivity (Wildman–Crippen MR) is 82.8 cm³/mol. The molecule has 0 saturated heterocycles. The molecule has 106 valence electrons. The molecule has 0 aliphatic heterocycles. The molecule has 0 aliphatic carbocycles. The molecular formula is C17H19ClFN. The number of halogens is 2. The molecule has 0 aromatic heterocycles. The Morgan fingerprint density at radius 2 is 1.85 bits per heavy atom. The Morgan fingerprint density at radius 1 is 1.10 bits per heavy atom. The van der Waals surface area contributed by atoms with Crippen molar-refractivity contribution < 1.29 is 4.39 Å². The van der Waals surface area contributed by atoms with Crippen molar-refractivity contribution in [1.82, 2.24) is 5.32 Å². The average molecular weight is 292 g/mol. The number of benzene rings is 2. The Kier molecular flexibility index (Phi) is 4.79. The van der Waals surface area contributed by atoms with Crippen LogP contribution in [0.5, 0.6) is 0 Å². The van der Waals surface area contributed by atoms with E-state index in [-0.39, 0.29) is 11.9 Å². The van der Waals surface area contributed by atoms with Crippen LogP contribution in [-0.4, -0.2) is 7.05 Å². The van der Waals surface area contributed by atoms with Crippen LogP contribution < -0.4 is 5.32 Å². The normalized spacial score (nSPS) is 12.4. The second kappa shape index (κ2) is 6.38. The van der Waals surface area contributed by atoms with Crippen LogP contribution >= 0.6 is 11.6 Å². The summed E-state index contributed by atoms with van der Waals surface area (Å²) < 4.78 is 13.1. The van der Waals surface area contributed by atoms with Crippen LogP contribution in [0.4, 0.5) is 4.39 Å². The highest BCUT2D eigenvalue weighted by molar-refractivity contribution is 6.31. The Hall–Kier alpha value is -1.38. The average Bonchev–Trinajstić information content (AvgIpc) is 2.41. The van der Waals surface area contributed by atoms with Gasteiger partial charge in [0.05, 0.1) is 0 Å². The fourth-order valence-corrected chi connectivity index (χ4v) is 2.62. The first-order valence-corrected chi connectivity index (χ1v) is 7.07. The molecule has 0 spiro atoms. The lowest BCUT2D eigenvalue weighted by atomic mass is 9.96. The van der Waals surface area contributed by atoms with Gasteiger partial charge in [-0.2, -0.15) is 0 Å². The summed E-state index contributed by atoms with van der Waals surface area (Å²) >= 11 is 6.15. The maximum atomic E-state index is 13.1. The fourth-order valence-electron chi connectivity index (χ4n) is 2.32. The van der Waals surface area contributed by atoms with E-state index in [1.54, 1.807) is 6.07 Å². The number of nitrogens with one attached hydrogen (secondary N) is 1. The summed E-state index contributed by atoms with van der Waals surface area (Å²) in [5.41, 5.74) is 4.73. The zero-order chi connectivity index (χ0) is 14.7. The Bertz CT molecular complexity index is 610. The fraction of sp³-hybridized carbons (Fsp3) is 0.294. The van der Waals surface area contributed by atoms with Gasteiger partial charge in [0.2, 0.25) is 0 Å². The third-order valence-corrected chi connectivity index (χ3v) is 4.02. The molecule has 2 rings (SSSR count). The molecule has 0 amide bonds. The van der Waals surface area contributed by atoms with Crippen molar-refractivity contribution in [3.8, 4) is 0 Å². The first-order valence-electron chi connectivity index (χ1n) is 6.69. The minimum atomic E-state index is -0.306. The molecule has 0 aliphatic rings. The molecule has 1 N–H and O–H groups in total. The van der Waals surface area contributed by atoms with Crippen LogP contribution in [0.1, 0.15) is 28.3 Å². The molecule has 0 heterocycles. The lowest BCUT2D eigenvalue weighted by Gasteiger charge is -2.19. The summed E-state index contributed by atoms with van der Waals surface area (Å²) in [7, 11) is 1.89. The standard InChI is InChI=1S/C17H19ClFN/c1-11-4-5-13(8-12(11)2)9-17(20-3)15-7-6-14(19)10-16(15)18/h4-8,10,17,20H,9H2,1-3H3. The van der Waals surface area contributed by atoms with Crippen molar-refractivity contribution in [2.75, 3.05) is 7.05 Å². The van der Waals surface area contributed by atoms with Crippen LogP contribution in [0, 0.1) is 19.7 Å². The summed E-state index contributed by atoms with van der Waals surface area (Å²) in [5, 5.41) is 3.72. The highest BCUT2D eigenvalue weighted by Gasteiger charge is 2.14. The van der Waals surface area contributed by atoms with Gasteiger partial charge in [-0.25, -0.2) is 4.39 Å². The quantitative estimate of drug-likeness (QED) is 0.868. The Labute approximate surface area is 124 Å². The summed E-state index contributed by atoms with van der Waals surface area (Å²) in [4.78, 5) is 0. The topological polar surface area (TPSA) is 12.0 Å². The van der Waals surface area contributed by atoms with Crippen molar-refractivity contribution in [3.05, 3.63) is 69.5 Å².